The number of nitrogens with one attached hydrogen (secondary N) is 2. The number of quaternary nitrogens is 2. The van der Waals surface area contributed by atoms with E-state index < -0.39 is 0 Å². The van der Waals surface area contributed by atoms with E-state index >= 15 is 0 Å². The lowest BCUT2D eigenvalue weighted by molar-refractivity contribution is -0.900. The van der Waals surface area contributed by atoms with Gasteiger partial charge in [0.1, 0.15) is 0 Å². The molecule has 0 saturated heterocycles. The highest BCUT2D eigenvalue weighted by atomic mass is 15.1. The van der Waals surface area contributed by atoms with Crippen molar-refractivity contribution in [3.63, 3.8) is 0 Å². The average molecular weight is 373 g/mol. The molecule has 0 spiro atoms. The molecular formula is C24H56N2+2. The summed E-state index contributed by atoms with van der Waals surface area (Å²) in [6.07, 6.45) is 16.5. The molecule has 0 aliphatic heterocycles. The Hall–Kier alpha value is -0.0800. The maximum absolute atomic E-state index is 2.29. The van der Waals surface area contributed by atoms with E-state index in [0.29, 0.717) is 0 Å². The van der Waals surface area contributed by atoms with E-state index in [0.717, 1.165) is 0 Å². The maximum Gasteiger partial charge on any atom is 0.0770 e. The van der Waals surface area contributed by atoms with Gasteiger partial charge in [0.05, 0.1) is 39.3 Å². The lowest BCUT2D eigenvalue weighted by atomic mass is 10.2. The molecule has 160 valence electrons. The molecule has 0 aromatic rings. The quantitative estimate of drug-likeness (QED) is 0.349. The van der Waals surface area contributed by atoms with Crippen LogP contribution in [0.4, 0.5) is 0 Å². The fraction of sp³-hybridized carbons (Fsp3) is 1.00. The Bertz CT molecular complexity index is 168. The van der Waals surface area contributed by atoms with Crippen LogP contribution in [0.5, 0.6) is 0 Å². The fourth-order valence-corrected chi connectivity index (χ4v) is 3.31. The SMILES string of the molecule is CCCC[NH+](CCCC)CCCC.CCCC[NH+](CCCC)CCCC. The van der Waals surface area contributed by atoms with Gasteiger partial charge in [0, 0.05) is 0 Å². The predicted octanol–water partition coefficient (Wildman–Crippen LogP) is 4.54. The van der Waals surface area contributed by atoms with Crippen LogP contribution in [0.25, 0.3) is 0 Å². The third-order valence-electron chi connectivity index (χ3n) is 5.30. The summed E-state index contributed by atoms with van der Waals surface area (Å²) in [7, 11) is 0. The summed E-state index contributed by atoms with van der Waals surface area (Å²) in [4.78, 5) is 3.68. The summed E-state index contributed by atoms with van der Waals surface area (Å²) in [6.45, 7) is 22.1. The fourth-order valence-electron chi connectivity index (χ4n) is 3.31. The summed E-state index contributed by atoms with van der Waals surface area (Å²) < 4.78 is 0. The molecule has 0 atom stereocenters. The molecule has 2 heteroatoms. The first-order chi connectivity index (χ1) is 12.7. The Labute approximate surface area is 168 Å². The van der Waals surface area contributed by atoms with Crippen LogP contribution < -0.4 is 9.80 Å². The van der Waals surface area contributed by atoms with Crippen molar-refractivity contribution in [3.8, 4) is 0 Å². The molecule has 0 fully saturated rings. The Morgan fingerprint density at radius 2 is 0.462 bits per heavy atom. The van der Waals surface area contributed by atoms with Crippen LogP contribution in [-0.4, -0.2) is 39.3 Å². The van der Waals surface area contributed by atoms with Crippen molar-refractivity contribution < 1.29 is 9.80 Å². The number of rotatable bonds is 18. The summed E-state index contributed by atoms with van der Waals surface area (Å²) in [5.74, 6) is 0. The van der Waals surface area contributed by atoms with Crippen LogP contribution in [0, 0.1) is 0 Å². The van der Waals surface area contributed by atoms with Gasteiger partial charge in [-0.15, -0.1) is 0 Å². The monoisotopic (exact) mass is 372 g/mol. The molecule has 0 amide bonds. The smallest absolute Gasteiger partial charge is 0.0770 e. The van der Waals surface area contributed by atoms with Gasteiger partial charge in [-0.3, -0.25) is 0 Å². The first-order valence-electron chi connectivity index (χ1n) is 12.4. The number of hydrogen-bond acceptors (Lipinski definition) is 0. The molecule has 26 heavy (non-hydrogen) atoms. The van der Waals surface area contributed by atoms with Gasteiger partial charge in [0.15, 0.2) is 0 Å². The van der Waals surface area contributed by atoms with E-state index in [4.69, 9.17) is 0 Å². The zero-order valence-electron chi connectivity index (χ0n) is 19.7. The van der Waals surface area contributed by atoms with E-state index in [1.165, 1.54) is 116 Å². The second-order valence-electron chi connectivity index (χ2n) is 8.12. The van der Waals surface area contributed by atoms with Crippen LogP contribution in [-0.2, 0) is 0 Å². The number of hydrogen-bond donors (Lipinski definition) is 2. The average Bonchev–Trinajstić information content (AvgIpc) is 2.67. The van der Waals surface area contributed by atoms with Crippen molar-refractivity contribution in [1.82, 2.24) is 0 Å². The molecule has 0 heterocycles. The van der Waals surface area contributed by atoms with E-state index in [-0.39, 0.29) is 0 Å². The minimum Gasteiger partial charge on any atom is -0.335 e. The standard InChI is InChI=1S/2C12H27N/c2*1-4-7-10-13(11-8-5-2)12-9-6-3/h2*4-12H2,1-3H3/p+2. The van der Waals surface area contributed by atoms with Crippen LogP contribution in [0.3, 0.4) is 0 Å². The zero-order chi connectivity index (χ0) is 19.9. The summed E-state index contributed by atoms with van der Waals surface area (Å²) >= 11 is 0. The summed E-state index contributed by atoms with van der Waals surface area (Å²) in [5, 5.41) is 0. The van der Waals surface area contributed by atoms with E-state index in [2.05, 4.69) is 41.5 Å². The first kappa shape index (κ1) is 28.1. The van der Waals surface area contributed by atoms with Gasteiger partial charge in [-0.1, -0.05) is 80.1 Å². The van der Waals surface area contributed by atoms with Gasteiger partial charge in [-0.05, 0) is 38.5 Å². The normalized spacial score (nSPS) is 11.1. The largest absolute Gasteiger partial charge is 0.335 e. The lowest BCUT2D eigenvalue weighted by Gasteiger charge is -2.18. The van der Waals surface area contributed by atoms with Gasteiger partial charge in [-0.25, -0.2) is 0 Å². The number of unbranched alkanes of at least 4 members (excludes halogenated alkanes) is 6. The minimum atomic E-state index is 1.35. The van der Waals surface area contributed by atoms with Gasteiger partial charge in [0.25, 0.3) is 0 Å². The summed E-state index contributed by atoms with van der Waals surface area (Å²) in [6, 6.07) is 0. The molecule has 0 saturated carbocycles. The Morgan fingerprint density at radius 3 is 0.577 bits per heavy atom. The first-order valence-corrected chi connectivity index (χ1v) is 12.4. The molecule has 0 bridgehead atoms. The van der Waals surface area contributed by atoms with Crippen LogP contribution >= 0.6 is 0 Å². The second kappa shape index (κ2) is 24.9. The highest BCUT2D eigenvalue weighted by Crippen LogP contribution is 1.86. The zero-order valence-corrected chi connectivity index (χ0v) is 19.7. The molecule has 0 rings (SSSR count). The van der Waals surface area contributed by atoms with Crippen LogP contribution in [0.1, 0.15) is 119 Å². The van der Waals surface area contributed by atoms with Crippen molar-refractivity contribution in [3.05, 3.63) is 0 Å². The van der Waals surface area contributed by atoms with Gasteiger partial charge in [-0.2, -0.15) is 0 Å². The molecular weight excluding hydrogens is 316 g/mol. The second-order valence-corrected chi connectivity index (χ2v) is 8.12. The molecule has 0 aromatic carbocycles. The van der Waals surface area contributed by atoms with Crippen molar-refractivity contribution >= 4 is 0 Å². The summed E-state index contributed by atoms with van der Waals surface area (Å²) in [5.41, 5.74) is 0. The van der Waals surface area contributed by atoms with Crippen LogP contribution in [0.15, 0.2) is 0 Å². The van der Waals surface area contributed by atoms with Crippen molar-refractivity contribution in [1.29, 1.82) is 0 Å². The third kappa shape index (κ3) is 22.0. The Morgan fingerprint density at radius 1 is 0.308 bits per heavy atom. The Kier molecular flexibility index (Phi) is 27.0. The van der Waals surface area contributed by atoms with E-state index in [1.54, 1.807) is 0 Å². The van der Waals surface area contributed by atoms with Gasteiger partial charge >= 0.3 is 0 Å². The molecule has 0 aliphatic rings. The predicted molar refractivity (Wildman–Crippen MR) is 121 cm³/mol. The highest BCUT2D eigenvalue weighted by Gasteiger charge is 2.06. The topological polar surface area (TPSA) is 8.88 Å². The Balaban J connectivity index is 0. The van der Waals surface area contributed by atoms with Gasteiger partial charge in [0.2, 0.25) is 0 Å². The molecule has 2 N–H and O–H groups in total. The lowest BCUT2D eigenvalue weighted by Crippen LogP contribution is -3.12. The maximum atomic E-state index is 2.29. The van der Waals surface area contributed by atoms with E-state index in [9.17, 15) is 0 Å². The van der Waals surface area contributed by atoms with E-state index in [1.807, 2.05) is 9.80 Å². The minimum absolute atomic E-state index is 1.35. The van der Waals surface area contributed by atoms with Gasteiger partial charge < -0.3 is 9.80 Å². The third-order valence-corrected chi connectivity index (χ3v) is 5.30. The van der Waals surface area contributed by atoms with Crippen molar-refractivity contribution in [2.24, 2.45) is 0 Å². The van der Waals surface area contributed by atoms with Crippen molar-refractivity contribution in [2.45, 2.75) is 119 Å². The molecule has 0 aromatic heterocycles. The van der Waals surface area contributed by atoms with Crippen molar-refractivity contribution in [2.75, 3.05) is 39.3 Å². The van der Waals surface area contributed by atoms with Crippen LogP contribution in [0.2, 0.25) is 0 Å². The molecule has 0 unspecified atom stereocenters. The highest BCUT2D eigenvalue weighted by molar-refractivity contribution is 4.38. The molecule has 2 nitrogen and oxygen atoms in total. The molecule has 0 aliphatic carbocycles. The molecule has 0 radical (unpaired) electrons.